The highest BCUT2D eigenvalue weighted by Gasteiger charge is 2.14. The van der Waals surface area contributed by atoms with Gasteiger partial charge < -0.3 is 9.15 Å². The van der Waals surface area contributed by atoms with Crippen LogP contribution in [0.15, 0.2) is 74.3 Å². The summed E-state index contributed by atoms with van der Waals surface area (Å²) in [6, 6.07) is 18.3. The molecule has 148 valence electrons. The van der Waals surface area contributed by atoms with E-state index in [1.54, 1.807) is 35.7 Å². The molecule has 0 bridgehead atoms. The normalized spacial score (nSPS) is 11.3. The number of hydrogen-bond donors (Lipinski definition) is 1. The maximum absolute atomic E-state index is 12.3. The van der Waals surface area contributed by atoms with Crippen LogP contribution in [0.1, 0.15) is 11.9 Å². The lowest BCUT2D eigenvalue weighted by Crippen LogP contribution is -2.04. The van der Waals surface area contributed by atoms with Gasteiger partial charge >= 0.3 is 5.63 Å². The Hall–Kier alpha value is -3.96. The van der Waals surface area contributed by atoms with Crippen molar-refractivity contribution in [2.45, 2.75) is 6.92 Å². The SMILES string of the molecule is CCOc1ccc(N/N=C(\C#N)c2nc(-c3cc4ccccc4oc3=O)cs2)cc1. The molecule has 0 fully saturated rings. The first kappa shape index (κ1) is 19.4. The van der Waals surface area contributed by atoms with Crippen LogP contribution in [0.4, 0.5) is 5.69 Å². The molecule has 4 aromatic rings. The average molecular weight is 416 g/mol. The first-order valence-corrected chi connectivity index (χ1v) is 10.0. The summed E-state index contributed by atoms with van der Waals surface area (Å²) in [5.74, 6) is 0.756. The van der Waals surface area contributed by atoms with Crippen LogP contribution in [0.5, 0.6) is 5.75 Å². The zero-order chi connectivity index (χ0) is 20.9. The van der Waals surface area contributed by atoms with E-state index in [0.29, 0.717) is 34.1 Å². The van der Waals surface area contributed by atoms with Crippen LogP contribution in [0.25, 0.3) is 22.2 Å². The fourth-order valence-corrected chi connectivity index (χ4v) is 3.54. The molecule has 0 aliphatic heterocycles. The largest absolute Gasteiger partial charge is 0.494 e. The number of nitriles is 1. The molecule has 0 amide bonds. The van der Waals surface area contributed by atoms with Crippen molar-refractivity contribution in [1.29, 1.82) is 5.26 Å². The van der Waals surface area contributed by atoms with E-state index in [9.17, 15) is 10.1 Å². The number of benzene rings is 2. The second-order valence-electron chi connectivity index (χ2n) is 6.16. The van der Waals surface area contributed by atoms with Crippen molar-refractivity contribution in [1.82, 2.24) is 4.98 Å². The number of fused-ring (bicyclic) bond motifs is 1. The number of hydrazone groups is 1. The van der Waals surface area contributed by atoms with Gasteiger partial charge in [-0.05, 0) is 43.3 Å². The van der Waals surface area contributed by atoms with Gasteiger partial charge in [0.15, 0.2) is 10.7 Å². The Labute approximate surface area is 175 Å². The van der Waals surface area contributed by atoms with Crippen LogP contribution >= 0.6 is 11.3 Å². The lowest BCUT2D eigenvalue weighted by molar-refractivity contribution is 0.340. The summed E-state index contributed by atoms with van der Waals surface area (Å²) in [5.41, 5.74) is 4.49. The van der Waals surface area contributed by atoms with Gasteiger partial charge in [-0.15, -0.1) is 11.3 Å². The summed E-state index contributed by atoms with van der Waals surface area (Å²) in [5, 5.41) is 16.6. The van der Waals surface area contributed by atoms with Gasteiger partial charge in [-0.2, -0.15) is 10.4 Å². The van der Waals surface area contributed by atoms with Crippen LogP contribution in [0.2, 0.25) is 0 Å². The molecule has 0 aliphatic rings. The summed E-state index contributed by atoms with van der Waals surface area (Å²) >= 11 is 1.23. The van der Waals surface area contributed by atoms with E-state index in [4.69, 9.17) is 9.15 Å². The zero-order valence-corrected chi connectivity index (χ0v) is 16.8. The topological polar surface area (TPSA) is 101 Å². The van der Waals surface area contributed by atoms with Crippen molar-refractivity contribution in [3.8, 4) is 23.1 Å². The molecular weight excluding hydrogens is 400 g/mol. The molecule has 7 nitrogen and oxygen atoms in total. The first-order chi connectivity index (χ1) is 14.7. The molecule has 0 atom stereocenters. The second kappa shape index (κ2) is 8.59. The Morgan fingerprint density at radius 3 is 2.83 bits per heavy atom. The van der Waals surface area contributed by atoms with Gasteiger partial charge in [0.25, 0.3) is 0 Å². The third-order valence-electron chi connectivity index (χ3n) is 4.19. The molecule has 0 unspecified atom stereocenters. The highest BCUT2D eigenvalue weighted by atomic mass is 32.1. The Morgan fingerprint density at radius 1 is 1.27 bits per heavy atom. The summed E-state index contributed by atoms with van der Waals surface area (Å²) in [7, 11) is 0. The lowest BCUT2D eigenvalue weighted by Gasteiger charge is -2.04. The van der Waals surface area contributed by atoms with Crippen molar-refractivity contribution < 1.29 is 9.15 Å². The Bertz CT molecular complexity index is 1320. The predicted molar refractivity (Wildman–Crippen MR) is 117 cm³/mol. The molecule has 8 heteroatoms. The highest BCUT2D eigenvalue weighted by Crippen LogP contribution is 2.23. The second-order valence-corrected chi connectivity index (χ2v) is 7.02. The first-order valence-electron chi connectivity index (χ1n) is 9.13. The van der Waals surface area contributed by atoms with Gasteiger partial charge in [-0.3, -0.25) is 5.43 Å². The van der Waals surface area contributed by atoms with Crippen LogP contribution in [0.3, 0.4) is 0 Å². The van der Waals surface area contributed by atoms with Gasteiger partial charge in [-0.25, -0.2) is 9.78 Å². The Balaban J connectivity index is 1.59. The summed E-state index contributed by atoms with van der Waals surface area (Å²) in [6.45, 7) is 2.51. The van der Waals surface area contributed by atoms with Crippen molar-refractivity contribution >= 4 is 33.7 Å². The Kier molecular flexibility index (Phi) is 5.54. The minimum absolute atomic E-state index is 0.116. The van der Waals surface area contributed by atoms with E-state index in [-0.39, 0.29) is 5.71 Å². The smallest absolute Gasteiger partial charge is 0.345 e. The maximum Gasteiger partial charge on any atom is 0.345 e. The monoisotopic (exact) mass is 416 g/mol. The van der Waals surface area contributed by atoms with E-state index < -0.39 is 5.63 Å². The number of nitrogens with one attached hydrogen (secondary N) is 1. The van der Waals surface area contributed by atoms with Crippen molar-refractivity contribution in [3.05, 3.63) is 75.4 Å². The van der Waals surface area contributed by atoms with Crippen molar-refractivity contribution in [3.63, 3.8) is 0 Å². The molecule has 0 radical (unpaired) electrons. The van der Waals surface area contributed by atoms with Crippen LogP contribution in [-0.4, -0.2) is 17.3 Å². The van der Waals surface area contributed by atoms with Crippen LogP contribution < -0.4 is 15.8 Å². The molecule has 0 saturated carbocycles. The highest BCUT2D eigenvalue weighted by molar-refractivity contribution is 7.12. The van der Waals surface area contributed by atoms with E-state index in [0.717, 1.165) is 11.1 Å². The van der Waals surface area contributed by atoms with Crippen molar-refractivity contribution in [2.75, 3.05) is 12.0 Å². The number of rotatable bonds is 6. The molecule has 30 heavy (non-hydrogen) atoms. The number of para-hydroxylation sites is 1. The molecule has 4 rings (SSSR count). The summed E-state index contributed by atoms with van der Waals surface area (Å²) in [6.07, 6.45) is 0. The van der Waals surface area contributed by atoms with Crippen LogP contribution in [0, 0.1) is 11.3 Å². The van der Waals surface area contributed by atoms with Gasteiger partial charge in [0.05, 0.1) is 23.6 Å². The van der Waals surface area contributed by atoms with Gasteiger partial charge in [0.1, 0.15) is 17.4 Å². The van der Waals surface area contributed by atoms with Gasteiger partial charge in [0, 0.05) is 10.8 Å². The summed E-state index contributed by atoms with van der Waals surface area (Å²) < 4.78 is 10.8. The Morgan fingerprint density at radius 2 is 2.07 bits per heavy atom. The molecule has 2 aromatic heterocycles. The molecule has 2 aromatic carbocycles. The predicted octanol–water partition coefficient (Wildman–Crippen LogP) is 4.65. The molecule has 0 spiro atoms. The minimum Gasteiger partial charge on any atom is -0.494 e. The minimum atomic E-state index is -0.478. The maximum atomic E-state index is 12.3. The number of hydrogen-bond acceptors (Lipinski definition) is 8. The average Bonchev–Trinajstić information content (AvgIpc) is 3.25. The van der Waals surface area contributed by atoms with E-state index >= 15 is 0 Å². The van der Waals surface area contributed by atoms with Crippen molar-refractivity contribution in [2.24, 2.45) is 5.10 Å². The number of nitrogens with zero attached hydrogens (tertiary/aromatic N) is 3. The van der Waals surface area contributed by atoms with Crippen LogP contribution in [-0.2, 0) is 0 Å². The third kappa shape index (κ3) is 4.06. The molecule has 1 N–H and O–H groups in total. The lowest BCUT2D eigenvalue weighted by atomic mass is 10.1. The summed E-state index contributed by atoms with van der Waals surface area (Å²) in [4.78, 5) is 16.8. The van der Waals surface area contributed by atoms with Gasteiger partial charge in [0.2, 0.25) is 0 Å². The number of anilines is 1. The molecule has 0 saturated heterocycles. The zero-order valence-electron chi connectivity index (χ0n) is 16.0. The third-order valence-corrected chi connectivity index (χ3v) is 5.04. The fourth-order valence-electron chi connectivity index (χ4n) is 2.78. The number of ether oxygens (including phenoxy) is 1. The van der Waals surface area contributed by atoms with E-state index in [1.807, 2.05) is 37.3 Å². The number of thiazole rings is 1. The fraction of sp³-hybridized carbons (Fsp3) is 0.0909. The van der Waals surface area contributed by atoms with E-state index in [1.165, 1.54) is 11.3 Å². The molecular formula is C22H16N4O3S. The quantitative estimate of drug-likeness (QED) is 0.279. The molecule has 0 aliphatic carbocycles. The number of aromatic nitrogens is 1. The standard InChI is InChI=1S/C22H16N4O3S/c1-2-28-16-9-7-15(8-10-16)25-26-18(12-23)21-24-19(13-30-21)17-11-14-5-3-4-6-20(14)29-22(17)27/h3-11,13,25H,2H2,1H3/b26-18+. The van der Waals surface area contributed by atoms with E-state index in [2.05, 4.69) is 15.5 Å². The van der Waals surface area contributed by atoms with Gasteiger partial charge in [-0.1, -0.05) is 18.2 Å². The molecule has 2 heterocycles.